The van der Waals surface area contributed by atoms with Crippen molar-refractivity contribution in [1.82, 2.24) is 5.32 Å². The summed E-state index contributed by atoms with van der Waals surface area (Å²) in [5, 5.41) is 3.09. The molecule has 0 aliphatic heterocycles. The smallest absolute Gasteiger partial charge is 0.00682 e. The predicted octanol–water partition coefficient (Wildman–Crippen LogP) is 2.57. The minimum absolute atomic E-state index is 0.525. The van der Waals surface area contributed by atoms with E-state index in [-0.39, 0.29) is 0 Å². The van der Waals surface area contributed by atoms with Crippen molar-refractivity contribution in [2.24, 2.45) is 11.8 Å². The molecule has 0 bridgehead atoms. The lowest BCUT2D eigenvalue weighted by atomic mass is 9.90. The van der Waals surface area contributed by atoms with Crippen molar-refractivity contribution in [2.75, 3.05) is 7.05 Å². The van der Waals surface area contributed by atoms with Crippen LogP contribution in [-0.4, -0.2) is 7.05 Å². The van der Waals surface area contributed by atoms with E-state index in [1.165, 1.54) is 0 Å². The zero-order valence-electron chi connectivity index (χ0n) is 7.85. The van der Waals surface area contributed by atoms with Crippen LogP contribution >= 0.6 is 0 Å². The van der Waals surface area contributed by atoms with Crippen LogP contribution in [0.5, 0.6) is 0 Å². The van der Waals surface area contributed by atoms with Crippen LogP contribution in [0, 0.1) is 11.8 Å². The topological polar surface area (TPSA) is 12.0 Å². The van der Waals surface area contributed by atoms with Crippen molar-refractivity contribution in [2.45, 2.75) is 20.3 Å². The molecule has 0 aromatic carbocycles. The molecule has 0 radical (unpaired) electrons. The van der Waals surface area contributed by atoms with E-state index in [2.05, 4.69) is 32.3 Å². The van der Waals surface area contributed by atoms with Crippen LogP contribution in [0.4, 0.5) is 0 Å². The van der Waals surface area contributed by atoms with Gasteiger partial charge in [-0.1, -0.05) is 26.5 Å². The molecule has 0 aromatic rings. The highest BCUT2D eigenvalue weighted by molar-refractivity contribution is 5.00. The minimum Gasteiger partial charge on any atom is -0.392 e. The molecule has 0 aliphatic carbocycles. The van der Waals surface area contributed by atoms with Gasteiger partial charge in [0.05, 0.1) is 0 Å². The minimum atomic E-state index is 0.525. The van der Waals surface area contributed by atoms with Gasteiger partial charge in [0.1, 0.15) is 0 Å². The zero-order chi connectivity index (χ0) is 8.85. The zero-order valence-corrected chi connectivity index (χ0v) is 7.85. The van der Waals surface area contributed by atoms with Crippen LogP contribution < -0.4 is 5.32 Å². The predicted molar refractivity (Wildman–Crippen MR) is 51.3 cm³/mol. The lowest BCUT2D eigenvalue weighted by Crippen LogP contribution is -2.19. The maximum atomic E-state index is 3.95. The summed E-state index contributed by atoms with van der Waals surface area (Å²) in [6.07, 6.45) is 2.96. The molecule has 64 valence electrons. The van der Waals surface area contributed by atoms with Crippen molar-refractivity contribution in [3.05, 3.63) is 24.9 Å². The molecule has 11 heavy (non-hydrogen) atoms. The highest BCUT2D eigenvalue weighted by Gasteiger charge is 2.13. The van der Waals surface area contributed by atoms with E-state index >= 15 is 0 Å². The summed E-state index contributed by atoms with van der Waals surface area (Å²) in [7, 11) is 1.92. The summed E-state index contributed by atoms with van der Waals surface area (Å²) in [4.78, 5) is 0. The Kier molecular flexibility index (Phi) is 4.67. The third kappa shape index (κ3) is 3.26. The third-order valence-electron chi connectivity index (χ3n) is 1.99. The first-order valence-electron chi connectivity index (χ1n) is 4.11. The molecule has 0 amide bonds. The summed E-state index contributed by atoms with van der Waals surface area (Å²) in [5.74, 6) is 1.16. The number of rotatable bonds is 5. The Balaban J connectivity index is 4.08. The monoisotopic (exact) mass is 153 g/mol. The molecule has 0 rings (SSSR count). The van der Waals surface area contributed by atoms with E-state index < -0.39 is 0 Å². The fraction of sp³-hybridized carbons (Fsp3) is 0.600. The largest absolute Gasteiger partial charge is 0.392 e. The van der Waals surface area contributed by atoms with E-state index in [9.17, 15) is 0 Å². The maximum absolute atomic E-state index is 3.95. The molecular weight excluding hydrogens is 134 g/mol. The second kappa shape index (κ2) is 5.00. The van der Waals surface area contributed by atoms with Gasteiger partial charge in [-0.25, -0.2) is 0 Å². The Morgan fingerprint density at radius 2 is 2.09 bits per heavy atom. The van der Waals surface area contributed by atoms with E-state index in [4.69, 9.17) is 0 Å². The number of nitrogens with one attached hydrogen (secondary N) is 1. The molecule has 0 spiro atoms. The van der Waals surface area contributed by atoms with Gasteiger partial charge in [-0.2, -0.15) is 0 Å². The average molecular weight is 153 g/mol. The molecule has 1 N–H and O–H groups in total. The molecular formula is C10H19N. The Bertz CT molecular complexity index is 136. The lowest BCUT2D eigenvalue weighted by molar-refractivity contribution is 0.431. The van der Waals surface area contributed by atoms with Crippen LogP contribution in [0.3, 0.4) is 0 Å². The summed E-state index contributed by atoms with van der Waals surface area (Å²) < 4.78 is 0. The van der Waals surface area contributed by atoms with Gasteiger partial charge < -0.3 is 5.32 Å². The molecule has 0 aliphatic rings. The first kappa shape index (κ1) is 10.3. The van der Waals surface area contributed by atoms with Gasteiger partial charge in [0.15, 0.2) is 0 Å². The van der Waals surface area contributed by atoms with Crippen LogP contribution in [0.1, 0.15) is 20.3 Å². The highest BCUT2D eigenvalue weighted by Crippen LogP contribution is 2.20. The van der Waals surface area contributed by atoms with Crippen molar-refractivity contribution in [3.63, 3.8) is 0 Å². The number of hydrogen-bond acceptors (Lipinski definition) is 1. The van der Waals surface area contributed by atoms with E-state index in [1.807, 2.05) is 13.1 Å². The van der Waals surface area contributed by atoms with Crippen LogP contribution in [-0.2, 0) is 0 Å². The van der Waals surface area contributed by atoms with Crippen molar-refractivity contribution in [1.29, 1.82) is 0 Å². The molecule has 0 saturated carbocycles. The SMILES string of the molecule is C=CCC(C(=C)NC)C(C)C. The number of hydrogen-bond donors (Lipinski definition) is 1. The van der Waals surface area contributed by atoms with Gasteiger partial charge in [-0.05, 0) is 12.3 Å². The Hall–Kier alpha value is -0.720. The molecule has 1 unspecified atom stereocenters. The highest BCUT2D eigenvalue weighted by atomic mass is 14.8. The summed E-state index contributed by atoms with van der Waals surface area (Å²) >= 11 is 0. The van der Waals surface area contributed by atoms with Gasteiger partial charge in [0, 0.05) is 18.7 Å². The first-order chi connectivity index (χ1) is 5.13. The van der Waals surface area contributed by atoms with Crippen LogP contribution in [0.15, 0.2) is 24.9 Å². The molecule has 0 aromatic heterocycles. The van der Waals surface area contributed by atoms with Crippen molar-refractivity contribution in [3.8, 4) is 0 Å². The fourth-order valence-corrected chi connectivity index (χ4v) is 1.18. The average Bonchev–Trinajstić information content (AvgIpc) is 1.98. The normalized spacial score (nSPS) is 12.7. The van der Waals surface area contributed by atoms with Crippen molar-refractivity contribution >= 4 is 0 Å². The second-order valence-corrected chi connectivity index (χ2v) is 3.15. The summed E-state index contributed by atoms with van der Waals surface area (Å²) in [5.41, 5.74) is 1.11. The number of allylic oxidation sites excluding steroid dienone is 2. The van der Waals surface area contributed by atoms with Gasteiger partial charge in [0.25, 0.3) is 0 Å². The van der Waals surface area contributed by atoms with Gasteiger partial charge in [-0.15, -0.1) is 6.58 Å². The van der Waals surface area contributed by atoms with Gasteiger partial charge in [-0.3, -0.25) is 0 Å². The Morgan fingerprint density at radius 1 is 1.55 bits per heavy atom. The quantitative estimate of drug-likeness (QED) is 0.599. The molecule has 0 saturated heterocycles. The van der Waals surface area contributed by atoms with Crippen LogP contribution in [0.25, 0.3) is 0 Å². The third-order valence-corrected chi connectivity index (χ3v) is 1.99. The van der Waals surface area contributed by atoms with Gasteiger partial charge >= 0.3 is 0 Å². The molecule has 0 fully saturated rings. The standard InChI is InChI=1S/C10H19N/c1-6-7-10(8(2)3)9(4)11-5/h6,8,10-11H,1,4,7H2,2-3,5H3. The van der Waals surface area contributed by atoms with Crippen molar-refractivity contribution < 1.29 is 0 Å². The first-order valence-corrected chi connectivity index (χ1v) is 4.11. The van der Waals surface area contributed by atoms with Gasteiger partial charge in [0.2, 0.25) is 0 Å². The second-order valence-electron chi connectivity index (χ2n) is 3.15. The summed E-state index contributed by atoms with van der Waals surface area (Å²) in [6.45, 7) is 12.1. The lowest BCUT2D eigenvalue weighted by Gasteiger charge is -2.21. The fourth-order valence-electron chi connectivity index (χ4n) is 1.18. The van der Waals surface area contributed by atoms with Crippen LogP contribution in [0.2, 0.25) is 0 Å². The molecule has 1 heteroatoms. The van der Waals surface area contributed by atoms with E-state index in [1.54, 1.807) is 0 Å². The van der Waals surface area contributed by atoms with E-state index in [0.29, 0.717) is 11.8 Å². The maximum Gasteiger partial charge on any atom is 0.00682 e. The summed E-state index contributed by atoms with van der Waals surface area (Å²) in [6, 6.07) is 0. The van der Waals surface area contributed by atoms with E-state index in [0.717, 1.165) is 12.1 Å². The Labute approximate surface area is 70.2 Å². The Morgan fingerprint density at radius 3 is 2.36 bits per heavy atom. The molecule has 1 nitrogen and oxygen atoms in total. The molecule has 1 atom stereocenters. The molecule has 0 heterocycles.